The van der Waals surface area contributed by atoms with Gasteiger partial charge in [-0.15, -0.1) is 0 Å². The minimum Gasteiger partial charge on any atom is -0.372 e. The van der Waals surface area contributed by atoms with Gasteiger partial charge in [0.15, 0.2) is 11.5 Å². The van der Waals surface area contributed by atoms with Gasteiger partial charge in [-0.25, -0.2) is 9.97 Å². The van der Waals surface area contributed by atoms with Crippen LogP contribution in [0.2, 0.25) is 0 Å². The second kappa shape index (κ2) is 5.83. The van der Waals surface area contributed by atoms with E-state index in [2.05, 4.69) is 51.8 Å². The van der Waals surface area contributed by atoms with Crippen LogP contribution in [0.5, 0.6) is 0 Å². The van der Waals surface area contributed by atoms with Crippen molar-refractivity contribution in [1.29, 1.82) is 0 Å². The molecule has 0 fully saturated rings. The molecule has 21 heavy (non-hydrogen) atoms. The molecule has 0 saturated heterocycles. The Morgan fingerprint density at radius 2 is 2.05 bits per heavy atom. The van der Waals surface area contributed by atoms with Crippen LogP contribution in [0, 0.1) is 0 Å². The van der Waals surface area contributed by atoms with E-state index in [1.165, 1.54) is 5.56 Å². The molecule has 1 unspecified atom stereocenters. The van der Waals surface area contributed by atoms with E-state index in [1.54, 1.807) is 6.20 Å². The number of benzene rings is 1. The quantitative estimate of drug-likeness (QED) is 0.755. The van der Waals surface area contributed by atoms with E-state index in [4.69, 9.17) is 0 Å². The van der Waals surface area contributed by atoms with Crippen molar-refractivity contribution in [2.45, 2.75) is 12.8 Å². The van der Waals surface area contributed by atoms with E-state index in [0.717, 1.165) is 23.8 Å². The molecule has 0 aliphatic heterocycles. The Kier molecular flexibility index (Phi) is 3.73. The van der Waals surface area contributed by atoms with Gasteiger partial charge in [-0.1, -0.05) is 37.3 Å². The third kappa shape index (κ3) is 2.81. The lowest BCUT2D eigenvalue weighted by Gasteiger charge is -2.14. The van der Waals surface area contributed by atoms with E-state index in [9.17, 15) is 0 Å². The molecule has 5 heteroatoms. The van der Waals surface area contributed by atoms with Crippen molar-refractivity contribution in [2.24, 2.45) is 0 Å². The molecule has 3 rings (SSSR count). The molecule has 0 aliphatic rings. The monoisotopic (exact) mass is 281 g/mol. The van der Waals surface area contributed by atoms with E-state index in [1.807, 2.05) is 29.9 Å². The van der Waals surface area contributed by atoms with Crippen LogP contribution in [-0.4, -0.2) is 28.0 Å². The van der Waals surface area contributed by atoms with Crippen LogP contribution in [0.3, 0.4) is 0 Å². The van der Waals surface area contributed by atoms with Crippen LogP contribution in [0.1, 0.15) is 18.4 Å². The molecule has 0 bridgehead atoms. The van der Waals surface area contributed by atoms with Crippen molar-refractivity contribution in [3.8, 4) is 0 Å². The summed E-state index contributed by atoms with van der Waals surface area (Å²) >= 11 is 0. The molecule has 3 aromatic rings. The zero-order valence-electron chi connectivity index (χ0n) is 12.2. The molecular weight excluding hydrogens is 262 g/mol. The van der Waals surface area contributed by atoms with E-state index in [0.29, 0.717) is 5.92 Å². The van der Waals surface area contributed by atoms with Crippen molar-refractivity contribution in [1.82, 2.24) is 14.4 Å². The van der Waals surface area contributed by atoms with Gasteiger partial charge in [0.1, 0.15) is 5.82 Å². The molecule has 2 heterocycles. The van der Waals surface area contributed by atoms with Crippen molar-refractivity contribution >= 4 is 17.3 Å². The lowest BCUT2D eigenvalue weighted by Crippen LogP contribution is -2.12. The maximum Gasteiger partial charge on any atom is 0.180 e. The minimum atomic E-state index is 0.404. The number of rotatable bonds is 5. The highest BCUT2D eigenvalue weighted by Gasteiger charge is 2.09. The molecule has 0 amide bonds. The normalized spacial score (nSPS) is 12.3. The molecular formula is C16H19N5. The summed E-state index contributed by atoms with van der Waals surface area (Å²) in [5.41, 5.74) is 2.16. The standard InChI is InChI=1S/C16H19N5/c1-12(13-6-4-3-5-7-13)10-19-15-16-18-8-9-21(16)11-14(17-2)20-15/h3-9,11-12,17H,10H2,1-2H3,(H,19,20). The highest BCUT2D eigenvalue weighted by Crippen LogP contribution is 2.19. The summed E-state index contributed by atoms with van der Waals surface area (Å²) in [6.07, 6.45) is 5.63. The molecule has 0 spiro atoms. The Morgan fingerprint density at radius 3 is 2.81 bits per heavy atom. The minimum absolute atomic E-state index is 0.404. The largest absolute Gasteiger partial charge is 0.372 e. The van der Waals surface area contributed by atoms with Crippen molar-refractivity contribution in [3.63, 3.8) is 0 Å². The van der Waals surface area contributed by atoms with Crippen molar-refractivity contribution in [3.05, 3.63) is 54.5 Å². The predicted molar refractivity (Wildman–Crippen MR) is 85.9 cm³/mol. The first-order valence-electron chi connectivity index (χ1n) is 7.08. The predicted octanol–water partition coefficient (Wildman–Crippen LogP) is 2.99. The third-order valence-corrected chi connectivity index (χ3v) is 3.57. The molecule has 0 saturated carbocycles. The van der Waals surface area contributed by atoms with Crippen LogP contribution >= 0.6 is 0 Å². The van der Waals surface area contributed by atoms with Crippen LogP contribution in [0.4, 0.5) is 11.6 Å². The third-order valence-electron chi connectivity index (χ3n) is 3.57. The second-order valence-corrected chi connectivity index (χ2v) is 5.08. The molecule has 1 aromatic carbocycles. The Bertz CT molecular complexity index is 720. The maximum absolute atomic E-state index is 4.55. The number of fused-ring (bicyclic) bond motifs is 1. The van der Waals surface area contributed by atoms with E-state index >= 15 is 0 Å². The number of hydrogen-bond acceptors (Lipinski definition) is 4. The SMILES string of the molecule is CNc1cn2ccnc2c(NCC(C)c2ccccc2)n1. The Hall–Kier alpha value is -2.56. The molecule has 0 aliphatic carbocycles. The van der Waals surface area contributed by atoms with Crippen LogP contribution in [0.15, 0.2) is 48.9 Å². The van der Waals surface area contributed by atoms with Gasteiger partial charge in [0.2, 0.25) is 0 Å². The fraction of sp³-hybridized carbons (Fsp3) is 0.250. The first-order valence-corrected chi connectivity index (χ1v) is 7.08. The summed E-state index contributed by atoms with van der Waals surface area (Å²) in [7, 11) is 1.86. The number of anilines is 2. The van der Waals surface area contributed by atoms with Crippen LogP contribution < -0.4 is 10.6 Å². The lowest BCUT2D eigenvalue weighted by molar-refractivity contribution is 0.801. The number of imidazole rings is 1. The van der Waals surface area contributed by atoms with Gasteiger partial charge in [0, 0.05) is 26.0 Å². The Labute approximate surface area is 124 Å². The fourth-order valence-electron chi connectivity index (χ4n) is 2.32. The number of hydrogen-bond donors (Lipinski definition) is 2. The first kappa shape index (κ1) is 13.4. The van der Waals surface area contributed by atoms with Gasteiger partial charge in [-0.2, -0.15) is 0 Å². The van der Waals surface area contributed by atoms with Gasteiger partial charge in [0.25, 0.3) is 0 Å². The average molecular weight is 281 g/mol. The average Bonchev–Trinajstić information content (AvgIpc) is 3.01. The summed E-state index contributed by atoms with van der Waals surface area (Å²) < 4.78 is 1.97. The molecule has 1 atom stereocenters. The number of nitrogens with zero attached hydrogens (tertiary/aromatic N) is 3. The van der Waals surface area contributed by atoms with Gasteiger partial charge in [-0.05, 0) is 11.5 Å². The summed E-state index contributed by atoms with van der Waals surface area (Å²) in [6.45, 7) is 3.01. The first-order chi connectivity index (χ1) is 10.3. The molecule has 2 N–H and O–H groups in total. The highest BCUT2D eigenvalue weighted by atomic mass is 15.1. The highest BCUT2D eigenvalue weighted by molar-refractivity contribution is 5.65. The van der Waals surface area contributed by atoms with Crippen LogP contribution in [0.25, 0.3) is 5.65 Å². The zero-order chi connectivity index (χ0) is 14.7. The second-order valence-electron chi connectivity index (χ2n) is 5.08. The van der Waals surface area contributed by atoms with Gasteiger partial charge in [-0.3, -0.25) is 0 Å². The summed E-state index contributed by atoms with van der Waals surface area (Å²) in [4.78, 5) is 8.91. The van der Waals surface area contributed by atoms with Crippen molar-refractivity contribution < 1.29 is 0 Å². The number of nitrogens with one attached hydrogen (secondary N) is 2. The lowest BCUT2D eigenvalue weighted by atomic mass is 10.0. The van der Waals surface area contributed by atoms with Gasteiger partial charge in [0.05, 0.1) is 6.20 Å². The van der Waals surface area contributed by atoms with Crippen molar-refractivity contribution in [2.75, 3.05) is 24.2 Å². The molecule has 0 radical (unpaired) electrons. The molecule has 5 nitrogen and oxygen atoms in total. The van der Waals surface area contributed by atoms with Gasteiger partial charge >= 0.3 is 0 Å². The number of aromatic nitrogens is 3. The van der Waals surface area contributed by atoms with E-state index in [-0.39, 0.29) is 0 Å². The summed E-state index contributed by atoms with van der Waals surface area (Å²) in [5, 5.41) is 6.48. The topological polar surface area (TPSA) is 54.2 Å². The Balaban J connectivity index is 1.80. The smallest absolute Gasteiger partial charge is 0.180 e. The zero-order valence-corrected chi connectivity index (χ0v) is 12.2. The summed E-state index contributed by atoms with van der Waals surface area (Å²) in [5.74, 6) is 2.02. The summed E-state index contributed by atoms with van der Waals surface area (Å²) in [6, 6.07) is 10.5. The van der Waals surface area contributed by atoms with E-state index < -0.39 is 0 Å². The Morgan fingerprint density at radius 1 is 1.24 bits per heavy atom. The van der Waals surface area contributed by atoms with Gasteiger partial charge < -0.3 is 15.0 Å². The van der Waals surface area contributed by atoms with Crippen LogP contribution in [-0.2, 0) is 0 Å². The molecule has 2 aromatic heterocycles. The fourth-order valence-corrected chi connectivity index (χ4v) is 2.32. The molecule has 108 valence electrons. The maximum atomic E-state index is 4.55.